The fourth-order valence-corrected chi connectivity index (χ4v) is 6.37. The van der Waals surface area contributed by atoms with Crippen molar-refractivity contribution in [2.75, 3.05) is 20.7 Å². The van der Waals surface area contributed by atoms with Crippen LogP contribution in [0.1, 0.15) is 30.0 Å². The molecule has 2 heterocycles. The normalized spacial score (nSPS) is 29.5. The lowest BCUT2D eigenvalue weighted by atomic mass is 9.53. The quantitative estimate of drug-likeness (QED) is 0.346. The van der Waals surface area contributed by atoms with E-state index in [1.807, 2.05) is 37.3 Å². The third-order valence-corrected chi connectivity index (χ3v) is 7.75. The number of aliphatic hydroxyl groups is 1. The summed E-state index contributed by atoms with van der Waals surface area (Å²) in [5, 5.41) is 10.6. The first kappa shape index (κ1) is 27.6. The van der Waals surface area contributed by atoms with Gasteiger partial charge in [0.25, 0.3) is 0 Å². The van der Waals surface area contributed by atoms with Crippen molar-refractivity contribution >= 4 is 10.4 Å². The summed E-state index contributed by atoms with van der Waals surface area (Å²) in [5.74, 6) is 2.09. The fraction of sp³-hybridized carbons (Fsp3) is 0.481. The summed E-state index contributed by atoms with van der Waals surface area (Å²) in [6.07, 6.45) is 6.51. The van der Waals surface area contributed by atoms with Gasteiger partial charge in [0.2, 0.25) is 0 Å². The highest BCUT2D eigenvalue weighted by Gasteiger charge is 2.64. The second-order valence-corrected chi connectivity index (χ2v) is 11.1. The van der Waals surface area contributed by atoms with Gasteiger partial charge in [-0.25, -0.2) is 0 Å². The molecule has 4 aliphatic rings. The number of hydrogen-bond donors (Lipinski definition) is 4. The van der Waals surface area contributed by atoms with E-state index in [9.17, 15) is 5.11 Å². The summed E-state index contributed by atoms with van der Waals surface area (Å²) in [6, 6.07) is 15.3. The number of methoxy groups -OCH3 is 1. The molecule has 9 nitrogen and oxygen atoms in total. The van der Waals surface area contributed by atoms with Gasteiger partial charge in [0.1, 0.15) is 12.2 Å². The fourth-order valence-electron chi connectivity index (χ4n) is 6.37. The summed E-state index contributed by atoms with van der Waals surface area (Å²) in [7, 11) is -0.760. The van der Waals surface area contributed by atoms with Crippen molar-refractivity contribution in [2.45, 2.75) is 55.9 Å². The van der Waals surface area contributed by atoms with Crippen molar-refractivity contribution in [1.29, 1.82) is 0 Å². The Balaban J connectivity index is 0.000000178. The van der Waals surface area contributed by atoms with Crippen LogP contribution < -0.4 is 15.2 Å². The average Bonchev–Trinajstić information content (AvgIpc) is 3.18. The third kappa shape index (κ3) is 5.55. The van der Waals surface area contributed by atoms with Crippen molar-refractivity contribution in [3.63, 3.8) is 0 Å². The van der Waals surface area contributed by atoms with Crippen LogP contribution in [0.3, 0.4) is 0 Å². The summed E-state index contributed by atoms with van der Waals surface area (Å²) >= 11 is 0. The number of hydrogen-bond acceptors (Lipinski definition) is 7. The second-order valence-electron chi connectivity index (χ2n) is 10.2. The van der Waals surface area contributed by atoms with E-state index < -0.39 is 16.5 Å². The molecular weight excluding hydrogens is 496 g/mol. The lowest BCUT2D eigenvalue weighted by Crippen LogP contribution is -2.64. The molecule has 10 heteroatoms. The van der Waals surface area contributed by atoms with Crippen LogP contribution in [0.2, 0.25) is 0 Å². The molecule has 1 saturated heterocycles. The SMILES string of the molecule is COc1ccc2c3c1O[C@H]1[C@@H](O)C=C[C@H]4[C@@H](C2)N(C)CC[C@@]341.C[C@H](N)Cc1ccccc1.O=S(=O)(O)O. The van der Waals surface area contributed by atoms with Crippen LogP contribution in [-0.4, -0.2) is 72.5 Å². The smallest absolute Gasteiger partial charge is 0.394 e. The van der Waals surface area contributed by atoms with E-state index in [0.29, 0.717) is 12.0 Å². The first-order valence-electron chi connectivity index (χ1n) is 12.4. The number of benzene rings is 2. The predicted octanol–water partition coefficient (Wildman–Crippen LogP) is 2.42. The van der Waals surface area contributed by atoms with Crippen molar-refractivity contribution in [3.8, 4) is 11.5 Å². The molecule has 0 unspecified atom stereocenters. The van der Waals surface area contributed by atoms with Crippen LogP contribution in [0.5, 0.6) is 11.5 Å². The molecule has 202 valence electrons. The molecule has 0 saturated carbocycles. The molecule has 2 bridgehead atoms. The monoisotopic (exact) mass is 532 g/mol. The highest BCUT2D eigenvalue weighted by Crippen LogP contribution is 2.62. The molecule has 0 aromatic heterocycles. The molecule has 6 rings (SSSR count). The molecule has 0 radical (unpaired) electrons. The van der Waals surface area contributed by atoms with E-state index in [1.165, 1.54) is 16.7 Å². The molecule has 0 amide bonds. The molecular formula is C27H36N2O7S. The number of rotatable bonds is 3. The predicted molar refractivity (Wildman–Crippen MR) is 140 cm³/mol. The summed E-state index contributed by atoms with van der Waals surface area (Å²) in [6.45, 7) is 3.07. The Hall–Kier alpha value is -2.47. The van der Waals surface area contributed by atoms with E-state index in [-0.39, 0.29) is 17.6 Å². The number of aliphatic hydroxyl groups excluding tert-OH is 1. The first-order valence-corrected chi connectivity index (χ1v) is 13.8. The Labute approximate surface area is 218 Å². The van der Waals surface area contributed by atoms with Gasteiger partial charge in [-0.1, -0.05) is 48.6 Å². The lowest BCUT2D eigenvalue weighted by molar-refractivity contribution is -0.0453. The molecule has 2 aliphatic heterocycles. The standard InChI is InChI=1S/C18H21NO3.C9H13N.H2O4S/c1-19-8-7-18-11-4-5-13(20)17(18)22-16-14(21-2)6-3-10(15(16)18)9-12(11)19;1-8(10)7-9-5-3-2-4-6-9;1-5(2,3)4/h3-6,11-13,17,20H,7-9H2,1-2H3;2-6,8H,7,10H2,1H3;(H2,1,2,3,4)/t11-,12+,13-,17-,18-;8-;/m00./s1. The van der Waals surface area contributed by atoms with Gasteiger partial charge in [0.15, 0.2) is 11.5 Å². The number of ether oxygens (including phenoxy) is 2. The molecule has 2 aromatic carbocycles. The Bertz CT molecular complexity index is 1230. The molecule has 1 spiro atoms. The number of nitrogens with zero attached hydrogens (tertiary/aromatic N) is 1. The van der Waals surface area contributed by atoms with E-state index in [4.69, 9.17) is 32.7 Å². The largest absolute Gasteiger partial charge is 0.493 e. The number of piperidine rings is 1. The van der Waals surface area contributed by atoms with Crippen LogP contribution in [0.15, 0.2) is 54.6 Å². The topological polar surface area (TPSA) is 143 Å². The van der Waals surface area contributed by atoms with E-state index >= 15 is 0 Å². The van der Waals surface area contributed by atoms with Crippen molar-refractivity contribution in [3.05, 3.63) is 71.3 Å². The van der Waals surface area contributed by atoms with Crippen LogP contribution in [0.4, 0.5) is 0 Å². The van der Waals surface area contributed by atoms with Gasteiger partial charge in [-0.3, -0.25) is 9.11 Å². The Morgan fingerprint density at radius 2 is 1.86 bits per heavy atom. The highest BCUT2D eigenvalue weighted by molar-refractivity contribution is 7.79. The van der Waals surface area contributed by atoms with Crippen LogP contribution in [0.25, 0.3) is 0 Å². The van der Waals surface area contributed by atoms with Crippen molar-refractivity contribution in [2.24, 2.45) is 11.7 Å². The molecule has 1 fully saturated rings. The maximum Gasteiger partial charge on any atom is 0.394 e. The minimum Gasteiger partial charge on any atom is -0.493 e. The van der Waals surface area contributed by atoms with Gasteiger partial charge in [0, 0.05) is 29.0 Å². The van der Waals surface area contributed by atoms with E-state index in [2.05, 4.69) is 36.2 Å². The molecule has 5 N–H and O–H groups in total. The number of likely N-dealkylation sites (N-methyl/N-ethyl adjacent to an activating group) is 1. The third-order valence-electron chi connectivity index (χ3n) is 7.75. The second kappa shape index (κ2) is 10.7. The van der Waals surface area contributed by atoms with E-state index in [1.54, 1.807) is 7.11 Å². The van der Waals surface area contributed by atoms with Gasteiger partial charge in [-0.05, 0) is 57.0 Å². The lowest BCUT2D eigenvalue weighted by Gasteiger charge is -2.56. The Morgan fingerprint density at radius 3 is 2.49 bits per heavy atom. The number of nitrogens with two attached hydrogens (primary N) is 1. The van der Waals surface area contributed by atoms with Gasteiger partial charge in [-0.15, -0.1) is 0 Å². The van der Waals surface area contributed by atoms with E-state index in [0.717, 1.165) is 37.3 Å². The molecule has 6 atom stereocenters. The number of likely N-dealkylation sites (tertiary alicyclic amines) is 1. The van der Waals surface area contributed by atoms with Gasteiger partial charge < -0.3 is 25.2 Å². The summed E-state index contributed by atoms with van der Waals surface area (Å²) < 4.78 is 43.4. The molecule has 37 heavy (non-hydrogen) atoms. The van der Waals surface area contributed by atoms with Crippen LogP contribution in [0, 0.1) is 5.92 Å². The average molecular weight is 533 g/mol. The zero-order valence-corrected chi connectivity index (χ0v) is 22.1. The Morgan fingerprint density at radius 1 is 1.19 bits per heavy atom. The van der Waals surface area contributed by atoms with Crippen LogP contribution in [-0.2, 0) is 28.7 Å². The van der Waals surface area contributed by atoms with Gasteiger partial charge in [-0.2, -0.15) is 8.42 Å². The first-order chi connectivity index (χ1) is 17.5. The Kier molecular flexibility index (Phi) is 7.99. The maximum atomic E-state index is 10.6. The van der Waals surface area contributed by atoms with Crippen molar-refractivity contribution < 1.29 is 32.1 Å². The van der Waals surface area contributed by atoms with Crippen LogP contribution >= 0.6 is 0 Å². The van der Waals surface area contributed by atoms with Gasteiger partial charge >= 0.3 is 10.4 Å². The maximum absolute atomic E-state index is 10.6. The summed E-state index contributed by atoms with van der Waals surface area (Å²) in [4.78, 5) is 2.47. The van der Waals surface area contributed by atoms with Gasteiger partial charge in [0.05, 0.1) is 7.11 Å². The highest BCUT2D eigenvalue weighted by atomic mass is 32.3. The molecule has 2 aliphatic carbocycles. The summed E-state index contributed by atoms with van der Waals surface area (Å²) in [5.41, 5.74) is 9.54. The van der Waals surface area contributed by atoms with Crippen molar-refractivity contribution in [1.82, 2.24) is 4.90 Å². The molecule has 2 aromatic rings. The zero-order valence-electron chi connectivity index (χ0n) is 21.3. The zero-order chi connectivity index (χ0) is 27.0. The minimum atomic E-state index is -4.67. The minimum absolute atomic E-state index is 0.0806.